The van der Waals surface area contributed by atoms with Gasteiger partial charge in [-0.25, -0.2) is 4.98 Å². The van der Waals surface area contributed by atoms with Crippen LogP contribution in [0.2, 0.25) is 0 Å². The van der Waals surface area contributed by atoms with Crippen molar-refractivity contribution in [2.75, 3.05) is 5.73 Å². The van der Waals surface area contributed by atoms with Crippen LogP contribution in [0.15, 0.2) is 10.8 Å². The topological polar surface area (TPSA) is 62.8 Å². The molecule has 0 aromatic carbocycles. The maximum absolute atomic E-state index is 7.41. The summed E-state index contributed by atoms with van der Waals surface area (Å²) in [5.41, 5.74) is 5.85. The smallest absolute Gasteiger partial charge is 0.165 e. The van der Waals surface area contributed by atoms with E-state index in [1.165, 1.54) is 22.7 Å². The quantitative estimate of drug-likeness (QED) is 0.639. The van der Waals surface area contributed by atoms with Gasteiger partial charge < -0.3 is 5.73 Å². The van der Waals surface area contributed by atoms with E-state index in [1.807, 2.05) is 10.8 Å². The molecule has 3 nitrogen and oxygen atoms in total. The Balaban J connectivity index is 3.19. The van der Waals surface area contributed by atoms with E-state index in [1.54, 1.807) is 0 Å². The van der Waals surface area contributed by atoms with Crippen LogP contribution in [0.3, 0.4) is 0 Å². The molecule has 2 heterocycles. The van der Waals surface area contributed by atoms with Crippen molar-refractivity contribution in [2.45, 2.75) is 0 Å². The van der Waals surface area contributed by atoms with Gasteiger partial charge in [-0.2, -0.15) is 0 Å². The van der Waals surface area contributed by atoms with Crippen molar-refractivity contribution in [3.63, 3.8) is 0 Å². The zero-order chi connectivity index (χ0) is 7.84. The number of nitrogen functional groups attached to an aromatic ring is 1. The van der Waals surface area contributed by atoms with Gasteiger partial charge in [0, 0.05) is 10.8 Å². The van der Waals surface area contributed by atoms with E-state index >= 15 is 0 Å². The van der Waals surface area contributed by atoms with Crippen molar-refractivity contribution >= 4 is 28.5 Å². The molecule has 0 aromatic rings. The number of hydrogen-bond acceptors (Lipinski definition) is 5. The lowest BCUT2D eigenvalue weighted by Crippen LogP contribution is -1.99. The third-order valence-electron chi connectivity index (χ3n) is 1.31. The van der Waals surface area contributed by atoms with Gasteiger partial charge in [-0.1, -0.05) is 0 Å². The molecule has 0 spiro atoms. The van der Waals surface area contributed by atoms with Crippen LogP contribution in [0.4, 0.5) is 5.82 Å². The maximum atomic E-state index is 7.41. The fraction of sp³-hybridized carbons (Fsp3) is 0. The van der Waals surface area contributed by atoms with Gasteiger partial charge >= 0.3 is 0 Å². The van der Waals surface area contributed by atoms with Crippen molar-refractivity contribution in [3.8, 4) is 0 Å². The summed E-state index contributed by atoms with van der Waals surface area (Å²) in [5.74, 6) is 0.479. The minimum absolute atomic E-state index is 0.291. The lowest BCUT2D eigenvalue weighted by atomic mass is 10.7. The molecule has 0 saturated heterocycles. The van der Waals surface area contributed by atoms with E-state index in [4.69, 9.17) is 11.1 Å². The molecule has 5 heteroatoms. The first-order valence-electron chi connectivity index (χ1n) is 2.95. The zero-order valence-corrected chi connectivity index (χ0v) is 7.13. The Hall–Kier alpha value is -0.940. The number of nitrogens with two attached hydrogens (primary N) is 1. The van der Waals surface area contributed by atoms with E-state index in [0.717, 1.165) is 9.06 Å². The van der Waals surface area contributed by atoms with Crippen LogP contribution in [-0.4, -0.2) is 4.98 Å². The molecule has 0 saturated carbocycles. The molecule has 56 valence electrons. The lowest BCUT2D eigenvalue weighted by molar-refractivity contribution is 1.14. The van der Waals surface area contributed by atoms with Crippen LogP contribution in [0.1, 0.15) is 0 Å². The summed E-state index contributed by atoms with van der Waals surface area (Å²) < 4.78 is 1.82. The third-order valence-corrected chi connectivity index (χ3v) is 3.44. The highest BCUT2D eigenvalue weighted by molar-refractivity contribution is 7.14. The summed E-state index contributed by atoms with van der Waals surface area (Å²) in [6.07, 6.45) is 0. The summed E-state index contributed by atoms with van der Waals surface area (Å²) in [6.45, 7) is 0. The third kappa shape index (κ3) is 0.928. The molecule has 0 aliphatic carbocycles. The summed E-state index contributed by atoms with van der Waals surface area (Å²) in [7, 11) is 0. The fourth-order valence-corrected chi connectivity index (χ4v) is 2.60. The minimum atomic E-state index is 0.291. The average molecular weight is 183 g/mol. The largest absolute Gasteiger partial charge is 0.382 e. The Labute approximate surface area is 70.3 Å². The van der Waals surface area contributed by atoms with Gasteiger partial charge in [0.2, 0.25) is 0 Å². The van der Waals surface area contributed by atoms with Crippen LogP contribution in [-0.2, 0) is 0 Å². The van der Waals surface area contributed by atoms with E-state index in [9.17, 15) is 0 Å². The SMILES string of the molecule is N=c1nc(N)c2sccsc1=2. The van der Waals surface area contributed by atoms with E-state index < -0.39 is 0 Å². The highest BCUT2D eigenvalue weighted by Gasteiger charge is 1.99. The standard InChI is InChI=1S/C6H5N3S2/c7-5-3-4(6(8)9-5)11-2-1-10-3/h1-2H,(H3,7,8,9). The van der Waals surface area contributed by atoms with Crippen molar-refractivity contribution in [3.05, 3.63) is 25.3 Å². The molecule has 0 bridgehead atoms. The first-order valence-corrected chi connectivity index (χ1v) is 4.71. The average Bonchev–Trinajstić information content (AvgIpc) is 2.30. The summed E-state index contributed by atoms with van der Waals surface area (Å²) in [5, 5.41) is 11.3. The van der Waals surface area contributed by atoms with Crippen molar-refractivity contribution in [1.82, 2.24) is 4.98 Å². The van der Waals surface area contributed by atoms with E-state index in [0.29, 0.717) is 11.3 Å². The zero-order valence-electron chi connectivity index (χ0n) is 5.50. The number of rotatable bonds is 0. The number of aromatic nitrogens is 1. The Morgan fingerprint density at radius 2 is 1.91 bits per heavy atom. The van der Waals surface area contributed by atoms with Crippen LogP contribution < -0.4 is 11.2 Å². The molecule has 0 fully saturated rings. The predicted molar refractivity (Wildman–Crippen MR) is 45.6 cm³/mol. The molecule has 0 unspecified atom stereocenters. The van der Waals surface area contributed by atoms with E-state index in [-0.39, 0.29) is 0 Å². The predicted octanol–water partition coefficient (Wildman–Crippen LogP) is 0.991. The molecule has 3 N–H and O–H groups in total. The molecule has 2 aliphatic rings. The monoisotopic (exact) mass is 183 g/mol. The Morgan fingerprint density at radius 3 is 2.55 bits per heavy atom. The number of hydrogen-bond donors (Lipinski definition) is 2. The first kappa shape index (κ1) is 6.75. The van der Waals surface area contributed by atoms with Gasteiger partial charge in [0.05, 0.1) is 9.06 Å². The molecule has 0 atom stereocenters. The summed E-state index contributed by atoms with van der Waals surface area (Å²) >= 11 is 3.03. The second-order valence-electron chi connectivity index (χ2n) is 2.01. The van der Waals surface area contributed by atoms with Gasteiger partial charge in [0.25, 0.3) is 0 Å². The lowest BCUT2D eigenvalue weighted by Gasteiger charge is -1.80. The molecule has 0 radical (unpaired) electrons. The van der Waals surface area contributed by atoms with Crippen molar-refractivity contribution in [1.29, 1.82) is 5.41 Å². The first-order chi connectivity index (χ1) is 5.29. The molecule has 11 heavy (non-hydrogen) atoms. The number of nitrogens with zero attached hydrogens (tertiary/aromatic N) is 1. The molecule has 2 aliphatic heterocycles. The maximum Gasteiger partial charge on any atom is 0.165 e. The van der Waals surface area contributed by atoms with Crippen LogP contribution in [0.25, 0.3) is 0 Å². The molecular weight excluding hydrogens is 178 g/mol. The molecular formula is C6H5N3S2. The highest BCUT2D eigenvalue weighted by Crippen LogP contribution is 2.11. The van der Waals surface area contributed by atoms with Crippen molar-refractivity contribution < 1.29 is 0 Å². The summed E-state index contributed by atoms with van der Waals surface area (Å²) in [4.78, 5) is 3.86. The molecule has 0 amide bonds. The molecule has 2 rings (SSSR count). The number of nitrogens with one attached hydrogen (secondary N) is 1. The number of anilines is 1. The highest BCUT2D eigenvalue weighted by atomic mass is 32.1. The van der Waals surface area contributed by atoms with E-state index in [2.05, 4.69) is 4.98 Å². The normalized spacial score (nSPS) is 10.5. The Kier molecular flexibility index (Phi) is 1.40. The van der Waals surface area contributed by atoms with Gasteiger partial charge in [-0.05, 0) is 0 Å². The van der Waals surface area contributed by atoms with Crippen LogP contribution >= 0.6 is 22.7 Å². The van der Waals surface area contributed by atoms with Gasteiger partial charge in [0.1, 0.15) is 5.82 Å². The fourth-order valence-electron chi connectivity index (χ4n) is 0.861. The van der Waals surface area contributed by atoms with Gasteiger partial charge in [0.15, 0.2) is 5.49 Å². The van der Waals surface area contributed by atoms with Gasteiger partial charge in [-0.3, -0.25) is 5.41 Å². The van der Waals surface area contributed by atoms with Crippen LogP contribution in [0, 0.1) is 14.5 Å². The van der Waals surface area contributed by atoms with Crippen molar-refractivity contribution in [2.24, 2.45) is 0 Å². The van der Waals surface area contributed by atoms with Gasteiger partial charge in [-0.15, -0.1) is 22.7 Å². The Morgan fingerprint density at radius 1 is 1.27 bits per heavy atom. The Bertz CT molecular complexity index is 483. The van der Waals surface area contributed by atoms with Crippen LogP contribution in [0.5, 0.6) is 0 Å². The second-order valence-corrected chi connectivity index (χ2v) is 3.84. The minimum Gasteiger partial charge on any atom is -0.382 e. The second kappa shape index (κ2) is 2.28. The summed E-state index contributed by atoms with van der Waals surface area (Å²) in [6, 6.07) is 0. The molecule has 0 aromatic heterocycles.